The van der Waals surface area contributed by atoms with Crippen molar-refractivity contribution in [3.8, 4) is 0 Å². The molecule has 1 saturated carbocycles. The molecule has 0 radical (unpaired) electrons. The van der Waals surface area contributed by atoms with Gasteiger partial charge in [-0.05, 0) is 31.0 Å². The lowest BCUT2D eigenvalue weighted by atomic mass is 9.91. The smallest absolute Gasteiger partial charge is 0.255 e. The van der Waals surface area contributed by atoms with Crippen LogP contribution >= 0.6 is 0 Å². The number of halogens is 4. The van der Waals surface area contributed by atoms with Gasteiger partial charge in [-0.25, -0.2) is 30.7 Å². The predicted molar refractivity (Wildman–Crippen MR) is 90.0 cm³/mol. The zero-order valence-corrected chi connectivity index (χ0v) is 14.9. The van der Waals surface area contributed by atoms with E-state index < -0.39 is 61.9 Å². The number of rotatable bonds is 5. The highest BCUT2D eigenvalue weighted by atomic mass is 32.2. The number of aliphatic hydroxyl groups is 1. The van der Waals surface area contributed by atoms with E-state index in [1.165, 1.54) is 0 Å². The molecule has 0 heterocycles. The molecule has 1 aliphatic rings. The van der Waals surface area contributed by atoms with E-state index in [0.717, 1.165) is 18.2 Å². The third kappa shape index (κ3) is 4.16. The molecule has 28 heavy (non-hydrogen) atoms. The first-order valence-corrected chi connectivity index (χ1v) is 9.51. The molecule has 2 aromatic carbocycles. The topological polar surface area (TPSA) is 95.5 Å². The zero-order valence-electron chi connectivity index (χ0n) is 14.0. The second-order valence-corrected chi connectivity index (χ2v) is 7.98. The lowest BCUT2D eigenvalue weighted by Gasteiger charge is -2.31. The lowest BCUT2D eigenvalue weighted by molar-refractivity contribution is 0.0712. The van der Waals surface area contributed by atoms with E-state index in [-0.39, 0.29) is 18.4 Å². The largest absolute Gasteiger partial charge is 0.393 e. The second kappa shape index (κ2) is 7.49. The van der Waals surface area contributed by atoms with Crippen LogP contribution in [0, 0.1) is 23.3 Å². The van der Waals surface area contributed by atoms with Gasteiger partial charge in [0.25, 0.3) is 5.91 Å². The normalized spacial score (nSPS) is 19.2. The maximum absolute atomic E-state index is 14.0. The minimum absolute atomic E-state index is 0.183. The molecule has 3 rings (SSSR count). The number of nitrogens with one attached hydrogen (secondary N) is 2. The number of anilines is 1. The van der Waals surface area contributed by atoms with Crippen molar-refractivity contribution in [3.63, 3.8) is 0 Å². The fraction of sp³-hybridized carbons (Fsp3) is 0.235. The standard InChI is InChI=1S/C17H14F4N2O4S/c18-12-2-1-8(3-15(12)28(26,27)23-10-4-11(24)5-10)17(25)22-9-6-13(19)16(21)14(20)7-9/h1-3,6-7,10-11,23-24H,4-5H2,(H,22,25). The number of carbonyl (C=O) groups excluding carboxylic acids is 1. The van der Waals surface area contributed by atoms with Crippen LogP contribution in [-0.2, 0) is 10.0 Å². The molecule has 3 N–H and O–H groups in total. The van der Waals surface area contributed by atoms with E-state index in [9.17, 15) is 35.9 Å². The molecule has 0 unspecified atom stereocenters. The van der Waals surface area contributed by atoms with E-state index in [2.05, 4.69) is 10.0 Å². The number of sulfonamides is 1. The summed E-state index contributed by atoms with van der Waals surface area (Å²) in [5.74, 6) is -6.85. The molecule has 1 fully saturated rings. The Balaban J connectivity index is 1.83. The SMILES string of the molecule is O=C(Nc1cc(F)c(F)c(F)c1)c1ccc(F)c(S(=O)(=O)NC2CC(O)C2)c1. The molecule has 2 aromatic rings. The van der Waals surface area contributed by atoms with Crippen molar-refractivity contribution >= 4 is 21.6 Å². The van der Waals surface area contributed by atoms with Crippen molar-refractivity contribution in [1.29, 1.82) is 0 Å². The van der Waals surface area contributed by atoms with Crippen molar-refractivity contribution in [3.05, 3.63) is 59.2 Å². The van der Waals surface area contributed by atoms with E-state index >= 15 is 0 Å². The van der Waals surface area contributed by atoms with Gasteiger partial charge >= 0.3 is 0 Å². The Morgan fingerprint density at radius 2 is 1.61 bits per heavy atom. The van der Waals surface area contributed by atoms with Gasteiger partial charge in [0.2, 0.25) is 10.0 Å². The van der Waals surface area contributed by atoms with Gasteiger partial charge in [0.1, 0.15) is 10.7 Å². The third-order valence-electron chi connectivity index (χ3n) is 4.16. The summed E-state index contributed by atoms with van der Waals surface area (Å²) < 4.78 is 80.3. The summed E-state index contributed by atoms with van der Waals surface area (Å²) >= 11 is 0. The van der Waals surface area contributed by atoms with Crippen LogP contribution in [-0.4, -0.2) is 31.6 Å². The minimum Gasteiger partial charge on any atom is -0.393 e. The number of amides is 1. The number of aliphatic hydroxyl groups excluding tert-OH is 1. The van der Waals surface area contributed by atoms with Gasteiger partial charge in [0.05, 0.1) is 6.10 Å². The first kappa shape index (κ1) is 20.2. The quantitative estimate of drug-likeness (QED) is 0.513. The number of carbonyl (C=O) groups is 1. The average Bonchev–Trinajstić information content (AvgIpc) is 2.58. The minimum atomic E-state index is -4.31. The Labute approximate surface area is 157 Å². The summed E-state index contributed by atoms with van der Waals surface area (Å²) in [6, 6.07) is 3.03. The van der Waals surface area contributed by atoms with Crippen molar-refractivity contribution in [2.24, 2.45) is 0 Å². The lowest BCUT2D eigenvalue weighted by Crippen LogP contribution is -2.46. The van der Waals surface area contributed by atoms with Crippen LogP contribution in [0.4, 0.5) is 23.2 Å². The van der Waals surface area contributed by atoms with Crippen LogP contribution in [0.5, 0.6) is 0 Å². The van der Waals surface area contributed by atoms with Gasteiger partial charge in [-0.3, -0.25) is 4.79 Å². The number of benzene rings is 2. The third-order valence-corrected chi connectivity index (χ3v) is 5.70. The Kier molecular flexibility index (Phi) is 5.41. The van der Waals surface area contributed by atoms with Gasteiger partial charge < -0.3 is 10.4 Å². The van der Waals surface area contributed by atoms with Crippen LogP contribution in [0.15, 0.2) is 35.2 Å². The Hall–Kier alpha value is -2.50. The van der Waals surface area contributed by atoms with Gasteiger partial charge in [-0.15, -0.1) is 0 Å². The summed E-state index contributed by atoms with van der Waals surface area (Å²) in [6.45, 7) is 0. The van der Waals surface area contributed by atoms with Gasteiger partial charge in [0.15, 0.2) is 17.5 Å². The van der Waals surface area contributed by atoms with Crippen LogP contribution < -0.4 is 10.0 Å². The summed E-state index contributed by atoms with van der Waals surface area (Å²) in [4.78, 5) is 11.4. The van der Waals surface area contributed by atoms with Crippen LogP contribution in [0.1, 0.15) is 23.2 Å². The number of hydrogen-bond acceptors (Lipinski definition) is 4. The first-order valence-electron chi connectivity index (χ1n) is 8.02. The van der Waals surface area contributed by atoms with E-state index in [1.807, 2.05) is 0 Å². The molecule has 0 spiro atoms. The monoisotopic (exact) mass is 418 g/mol. The Bertz CT molecular complexity index is 1020. The maximum Gasteiger partial charge on any atom is 0.255 e. The molecule has 150 valence electrons. The van der Waals surface area contributed by atoms with Gasteiger partial charge in [-0.1, -0.05) is 0 Å². The fourth-order valence-electron chi connectivity index (χ4n) is 2.65. The summed E-state index contributed by atoms with van der Waals surface area (Å²) in [7, 11) is -4.31. The Morgan fingerprint density at radius 1 is 1.00 bits per heavy atom. The molecular weight excluding hydrogens is 404 g/mol. The van der Waals surface area contributed by atoms with Gasteiger partial charge in [-0.2, -0.15) is 0 Å². The molecule has 0 aromatic heterocycles. The molecule has 1 amide bonds. The number of hydrogen-bond donors (Lipinski definition) is 3. The highest BCUT2D eigenvalue weighted by Crippen LogP contribution is 2.24. The highest BCUT2D eigenvalue weighted by Gasteiger charge is 2.32. The summed E-state index contributed by atoms with van der Waals surface area (Å²) in [6.07, 6.45) is -0.267. The average molecular weight is 418 g/mol. The van der Waals surface area contributed by atoms with Crippen molar-refractivity contribution in [2.45, 2.75) is 29.9 Å². The van der Waals surface area contributed by atoms with Crippen molar-refractivity contribution < 1.29 is 35.9 Å². The molecular formula is C17H14F4N2O4S. The molecule has 0 atom stereocenters. The first-order chi connectivity index (χ1) is 13.1. The molecule has 0 aliphatic heterocycles. The van der Waals surface area contributed by atoms with Crippen molar-refractivity contribution in [1.82, 2.24) is 4.72 Å². The van der Waals surface area contributed by atoms with Crippen LogP contribution in [0.25, 0.3) is 0 Å². The second-order valence-electron chi connectivity index (χ2n) is 6.30. The summed E-state index contributed by atoms with van der Waals surface area (Å²) in [5.41, 5.74) is -0.711. The molecule has 0 saturated heterocycles. The van der Waals surface area contributed by atoms with Crippen LogP contribution in [0.3, 0.4) is 0 Å². The Morgan fingerprint density at radius 3 is 2.18 bits per heavy atom. The molecule has 11 heteroatoms. The summed E-state index contributed by atoms with van der Waals surface area (Å²) in [5, 5.41) is 11.3. The van der Waals surface area contributed by atoms with E-state index in [0.29, 0.717) is 12.1 Å². The van der Waals surface area contributed by atoms with E-state index in [1.54, 1.807) is 0 Å². The maximum atomic E-state index is 14.0. The zero-order chi connectivity index (χ0) is 20.6. The van der Waals surface area contributed by atoms with Crippen molar-refractivity contribution in [2.75, 3.05) is 5.32 Å². The molecule has 1 aliphatic carbocycles. The molecule has 0 bridgehead atoms. The molecule has 6 nitrogen and oxygen atoms in total. The van der Waals surface area contributed by atoms with Gasteiger partial charge in [0, 0.05) is 29.4 Å². The van der Waals surface area contributed by atoms with E-state index in [4.69, 9.17) is 0 Å². The predicted octanol–water partition coefficient (Wildman–Crippen LogP) is 2.30. The fourth-order valence-corrected chi connectivity index (χ4v) is 4.01. The highest BCUT2D eigenvalue weighted by molar-refractivity contribution is 7.89. The van der Waals surface area contributed by atoms with Crippen LogP contribution in [0.2, 0.25) is 0 Å².